The average Bonchev–Trinajstić information content (AvgIpc) is 2.75. The Morgan fingerprint density at radius 3 is 1.53 bits per heavy atom. The van der Waals surface area contributed by atoms with Crippen LogP contribution in [0.5, 0.6) is 0 Å². The molecule has 1 aliphatic heterocycles. The van der Waals surface area contributed by atoms with E-state index in [1.165, 1.54) is 9.80 Å². The molecule has 2 amide bonds. The highest BCUT2D eigenvalue weighted by atomic mass is 32.1. The first-order valence-electron chi connectivity index (χ1n) is 9.58. The van der Waals surface area contributed by atoms with E-state index >= 15 is 0 Å². The predicted octanol–water partition coefficient (Wildman–Crippen LogP) is 5.05. The third-order valence-corrected chi connectivity index (χ3v) is 5.31. The summed E-state index contributed by atoms with van der Waals surface area (Å²) in [5.41, 5.74) is 4.23. The Kier molecular flexibility index (Phi) is 5.29. The normalized spacial score (nSPS) is 14.3. The maximum Gasteiger partial charge on any atom is 0.270 e. The van der Waals surface area contributed by atoms with Crippen LogP contribution in [0.25, 0.3) is 6.08 Å². The van der Waals surface area contributed by atoms with Crippen molar-refractivity contribution < 1.29 is 9.59 Å². The van der Waals surface area contributed by atoms with Crippen molar-refractivity contribution in [2.75, 3.05) is 9.80 Å². The van der Waals surface area contributed by atoms with Gasteiger partial charge in [-0.3, -0.25) is 19.4 Å². The molecule has 0 unspecified atom stereocenters. The lowest BCUT2D eigenvalue weighted by Crippen LogP contribution is -2.56. The number of anilines is 2. The molecule has 4 rings (SSSR count). The molecule has 5 heteroatoms. The zero-order valence-electron chi connectivity index (χ0n) is 16.7. The van der Waals surface area contributed by atoms with Crippen LogP contribution in [0.3, 0.4) is 0 Å². The van der Waals surface area contributed by atoms with Gasteiger partial charge >= 0.3 is 0 Å². The summed E-state index contributed by atoms with van der Waals surface area (Å²) in [4.78, 5) is 29.6. The fourth-order valence-electron chi connectivity index (χ4n) is 3.29. The Morgan fingerprint density at radius 2 is 1.10 bits per heavy atom. The van der Waals surface area contributed by atoms with Crippen LogP contribution in [0.2, 0.25) is 0 Å². The van der Waals surface area contributed by atoms with Crippen molar-refractivity contribution >= 4 is 46.6 Å². The number of hydrogen-bond acceptors (Lipinski definition) is 3. The Morgan fingerprint density at radius 1 is 0.667 bits per heavy atom. The molecule has 1 heterocycles. The summed E-state index contributed by atoms with van der Waals surface area (Å²) in [5, 5.41) is 0.142. The van der Waals surface area contributed by atoms with Gasteiger partial charge in [-0.15, -0.1) is 0 Å². The van der Waals surface area contributed by atoms with Crippen molar-refractivity contribution in [3.63, 3.8) is 0 Å². The van der Waals surface area contributed by atoms with Crippen LogP contribution in [0.4, 0.5) is 11.4 Å². The second-order valence-corrected chi connectivity index (χ2v) is 7.57. The van der Waals surface area contributed by atoms with E-state index in [-0.39, 0.29) is 10.7 Å². The van der Waals surface area contributed by atoms with Crippen LogP contribution in [0.1, 0.15) is 16.7 Å². The number of nitrogens with zero attached hydrogens (tertiary/aromatic N) is 2. The molecule has 148 valence electrons. The smallest absolute Gasteiger partial charge is 0.268 e. The van der Waals surface area contributed by atoms with E-state index in [1.54, 1.807) is 6.08 Å². The molecule has 0 spiro atoms. The first kappa shape index (κ1) is 19.7. The highest BCUT2D eigenvalue weighted by Crippen LogP contribution is 2.30. The number of thiocarbonyl (C=S) groups is 1. The van der Waals surface area contributed by atoms with Gasteiger partial charge in [0.25, 0.3) is 11.8 Å². The van der Waals surface area contributed by atoms with E-state index < -0.39 is 11.8 Å². The molecule has 0 aromatic heterocycles. The lowest BCUT2D eigenvalue weighted by atomic mass is 10.0. The molecule has 0 saturated carbocycles. The van der Waals surface area contributed by atoms with Crippen LogP contribution in [0, 0.1) is 13.8 Å². The molecule has 0 atom stereocenters. The van der Waals surface area contributed by atoms with E-state index in [0.29, 0.717) is 11.4 Å². The number of benzene rings is 3. The molecule has 3 aromatic carbocycles. The Bertz CT molecular complexity index is 1080. The van der Waals surface area contributed by atoms with Crippen LogP contribution in [-0.2, 0) is 9.59 Å². The van der Waals surface area contributed by atoms with Gasteiger partial charge in [0.15, 0.2) is 5.11 Å². The van der Waals surface area contributed by atoms with Crippen LogP contribution < -0.4 is 9.80 Å². The summed E-state index contributed by atoms with van der Waals surface area (Å²) in [5.74, 6) is -0.859. The fourth-order valence-corrected chi connectivity index (χ4v) is 3.67. The highest BCUT2D eigenvalue weighted by molar-refractivity contribution is 7.81. The third-order valence-electron chi connectivity index (χ3n) is 4.94. The van der Waals surface area contributed by atoms with Crippen molar-refractivity contribution in [3.8, 4) is 0 Å². The largest absolute Gasteiger partial charge is 0.270 e. The summed E-state index contributed by atoms with van der Waals surface area (Å²) >= 11 is 5.63. The Hall–Kier alpha value is -3.57. The van der Waals surface area contributed by atoms with Gasteiger partial charge in [-0.2, -0.15) is 0 Å². The zero-order valence-corrected chi connectivity index (χ0v) is 17.5. The standard InChI is InChI=1S/C25H20N2O2S/c1-17-8-12-20(13-9-17)26-23(28)22(16-19-6-4-3-5-7-19)24(29)27(25(26)30)21-14-10-18(2)11-15-21/h3-16H,1-2H3. The fraction of sp³-hybridized carbons (Fsp3) is 0.0800. The second kappa shape index (κ2) is 8.05. The van der Waals surface area contributed by atoms with E-state index in [4.69, 9.17) is 12.2 Å². The van der Waals surface area contributed by atoms with Crippen LogP contribution in [0.15, 0.2) is 84.4 Å². The van der Waals surface area contributed by atoms with Crippen LogP contribution in [-0.4, -0.2) is 16.9 Å². The molecule has 0 bridgehead atoms. The van der Waals surface area contributed by atoms with E-state index in [9.17, 15) is 9.59 Å². The SMILES string of the molecule is Cc1ccc(N2C(=O)C(=Cc3ccccc3)C(=O)N(c3ccc(C)cc3)C2=S)cc1. The molecular weight excluding hydrogens is 392 g/mol. The third kappa shape index (κ3) is 3.67. The summed E-state index contributed by atoms with van der Waals surface area (Å²) in [7, 11) is 0. The monoisotopic (exact) mass is 412 g/mol. The summed E-state index contributed by atoms with van der Waals surface area (Å²) in [6.07, 6.45) is 1.62. The summed E-state index contributed by atoms with van der Waals surface area (Å²) < 4.78 is 0. The van der Waals surface area contributed by atoms with Crippen molar-refractivity contribution in [1.82, 2.24) is 0 Å². The maximum atomic E-state index is 13.4. The summed E-state index contributed by atoms with van der Waals surface area (Å²) in [6.45, 7) is 3.95. The molecule has 4 nitrogen and oxygen atoms in total. The molecule has 30 heavy (non-hydrogen) atoms. The van der Waals surface area contributed by atoms with Gasteiger partial charge in [0.1, 0.15) is 5.57 Å². The number of hydrogen-bond donors (Lipinski definition) is 0. The minimum atomic E-state index is -0.430. The molecule has 1 saturated heterocycles. The minimum Gasteiger partial charge on any atom is -0.268 e. The molecular formula is C25H20N2O2S. The lowest BCUT2D eigenvalue weighted by Gasteiger charge is -2.36. The molecule has 3 aromatic rings. The molecule has 0 N–H and O–H groups in total. The predicted molar refractivity (Wildman–Crippen MR) is 124 cm³/mol. The topological polar surface area (TPSA) is 40.6 Å². The van der Waals surface area contributed by atoms with Gasteiger partial charge < -0.3 is 0 Å². The van der Waals surface area contributed by atoms with E-state index in [2.05, 4.69) is 0 Å². The van der Waals surface area contributed by atoms with Gasteiger partial charge in [-0.1, -0.05) is 65.7 Å². The Balaban J connectivity index is 1.86. The first-order valence-corrected chi connectivity index (χ1v) is 9.99. The van der Waals surface area contributed by atoms with Crippen molar-refractivity contribution in [2.45, 2.75) is 13.8 Å². The van der Waals surface area contributed by atoms with Gasteiger partial charge in [-0.25, -0.2) is 0 Å². The number of rotatable bonds is 3. The number of amides is 2. The highest BCUT2D eigenvalue weighted by Gasteiger charge is 2.41. The van der Waals surface area contributed by atoms with Crippen LogP contribution >= 0.6 is 12.2 Å². The Labute approximate surface area is 181 Å². The number of carbonyl (C=O) groups is 2. The maximum absolute atomic E-state index is 13.4. The van der Waals surface area contributed by atoms with E-state index in [0.717, 1.165) is 16.7 Å². The van der Waals surface area contributed by atoms with Crippen molar-refractivity contribution in [1.29, 1.82) is 0 Å². The van der Waals surface area contributed by atoms with Crippen molar-refractivity contribution in [2.24, 2.45) is 0 Å². The quantitative estimate of drug-likeness (QED) is 0.343. The van der Waals surface area contributed by atoms with Gasteiger partial charge in [0.2, 0.25) is 0 Å². The van der Waals surface area contributed by atoms with Gasteiger partial charge in [0, 0.05) is 0 Å². The number of aryl methyl sites for hydroxylation is 2. The molecule has 0 aliphatic carbocycles. The molecule has 0 radical (unpaired) electrons. The molecule has 1 fully saturated rings. The second-order valence-electron chi connectivity index (χ2n) is 7.20. The van der Waals surface area contributed by atoms with Gasteiger partial charge in [0.05, 0.1) is 11.4 Å². The zero-order chi connectivity index (χ0) is 21.3. The van der Waals surface area contributed by atoms with E-state index in [1.807, 2.05) is 92.7 Å². The minimum absolute atomic E-state index is 0.0657. The lowest BCUT2D eigenvalue weighted by molar-refractivity contribution is -0.120. The van der Waals surface area contributed by atoms with Gasteiger partial charge in [-0.05, 0) is 62.0 Å². The average molecular weight is 413 g/mol. The van der Waals surface area contributed by atoms with Crippen molar-refractivity contribution in [3.05, 3.63) is 101 Å². The summed E-state index contributed by atoms with van der Waals surface area (Å²) in [6, 6.07) is 24.3. The molecule has 1 aliphatic rings. The first-order chi connectivity index (χ1) is 14.5. The number of carbonyl (C=O) groups excluding carboxylic acids is 2.